The summed E-state index contributed by atoms with van der Waals surface area (Å²) in [6, 6.07) is 113. The average Bonchev–Trinajstić information content (AvgIpc) is 4.24. The van der Waals surface area contributed by atoms with Crippen molar-refractivity contribution in [1.29, 1.82) is 0 Å². The van der Waals surface area contributed by atoms with E-state index in [1.54, 1.807) is 0 Å². The Morgan fingerprint density at radius 2 is 0.724 bits per heavy atom. The summed E-state index contributed by atoms with van der Waals surface area (Å²) < 4.78 is 5.01. The van der Waals surface area contributed by atoms with Crippen LogP contribution in [-0.4, -0.2) is 17.2 Å². The van der Waals surface area contributed by atoms with E-state index < -0.39 is 13.5 Å². The van der Waals surface area contributed by atoms with Crippen molar-refractivity contribution < 1.29 is 0 Å². The van der Waals surface area contributed by atoms with Crippen LogP contribution in [0.2, 0.25) is 0 Å². The van der Waals surface area contributed by atoms with Gasteiger partial charge in [-0.15, -0.1) is 0 Å². The van der Waals surface area contributed by atoms with Crippen molar-refractivity contribution in [3.05, 3.63) is 326 Å². The Morgan fingerprint density at radius 1 is 0.276 bits per heavy atom. The SMILES string of the molecule is c1ccc(C2(c3ccccc3)c3ccccc3-c3cc(-c4ccc5c(c4)c4ccccc4n5-c4cccc5c6ccccc6n(-c6ccc([Si](c7ccccc7)(c7ccccc7)c7ccccc7)cc6)c45)ccc32)cc1. The van der Waals surface area contributed by atoms with Crippen LogP contribution in [0.3, 0.4) is 0 Å². The maximum absolute atomic E-state index is 2.73. The third kappa shape index (κ3) is 6.40. The first kappa shape index (κ1) is 44.0. The lowest BCUT2D eigenvalue weighted by Gasteiger charge is -2.34. The average molecular weight is 983 g/mol. The van der Waals surface area contributed by atoms with Crippen molar-refractivity contribution in [2.45, 2.75) is 5.41 Å². The lowest BCUT2D eigenvalue weighted by atomic mass is 9.67. The molecule has 0 saturated heterocycles. The molecule has 12 aromatic carbocycles. The van der Waals surface area contributed by atoms with Gasteiger partial charge in [-0.1, -0.05) is 255 Å². The van der Waals surface area contributed by atoms with E-state index in [1.807, 2.05) is 0 Å². The number of nitrogens with zero attached hydrogens (tertiary/aromatic N) is 2. The predicted octanol–water partition coefficient (Wildman–Crippen LogP) is 15.3. The van der Waals surface area contributed by atoms with Gasteiger partial charge in [0.1, 0.15) is 0 Å². The van der Waals surface area contributed by atoms with Gasteiger partial charge in [0, 0.05) is 27.2 Å². The Kier molecular flexibility index (Phi) is 10.2. The van der Waals surface area contributed by atoms with Crippen LogP contribution < -0.4 is 20.7 Å². The number of fused-ring (bicyclic) bond motifs is 9. The number of rotatable bonds is 9. The van der Waals surface area contributed by atoms with Crippen LogP contribution >= 0.6 is 0 Å². The van der Waals surface area contributed by atoms with Crippen LogP contribution in [0.1, 0.15) is 22.3 Å². The topological polar surface area (TPSA) is 9.86 Å². The summed E-state index contributed by atoms with van der Waals surface area (Å²) in [5.41, 5.74) is 16.7. The van der Waals surface area contributed by atoms with Gasteiger partial charge >= 0.3 is 0 Å². The molecule has 14 aromatic rings. The van der Waals surface area contributed by atoms with E-state index in [1.165, 1.54) is 109 Å². The normalized spacial score (nSPS) is 12.8. The van der Waals surface area contributed by atoms with Gasteiger partial charge in [0.05, 0.1) is 33.2 Å². The first-order valence-electron chi connectivity index (χ1n) is 26.4. The molecule has 0 amide bonds. The van der Waals surface area contributed by atoms with Crippen molar-refractivity contribution in [2.75, 3.05) is 0 Å². The minimum absolute atomic E-state index is 0.436. The Morgan fingerprint density at radius 3 is 1.34 bits per heavy atom. The molecule has 0 atom stereocenters. The van der Waals surface area contributed by atoms with E-state index in [9.17, 15) is 0 Å². The fourth-order valence-corrected chi connectivity index (χ4v) is 18.2. The Bertz CT molecular complexity index is 4350. The van der Waals surface area contributed by atoms with Gasteiger partial charge in [0.2, 0.25) is 0 Å². The highest BCUT2D eigenvalue weighted by Gasteiger charge is 2.46. The molecule has 2 nitrogen and oxygen atoms in total. The minimum Gasteiger partial charge on any atom is -0.307 e. The summed E-state index contributed by atoms with van der Waals surface area (Å²) in [4.78, 5) is 0. The first-order chi connectivity index (χ1) is 37.7. The van der Waals surface area contributed by atoms with Crippen LogP contribution in [0.15, 0.2) is 303 Å². The third-order valence-corrected chi connectivity index (χ3v) is 21.4. The number of hydrogen-bond donors (Lipinski definition) is 0. The summed E-state index contributed by atoms with van der Waals surface area (Å²) in [5, 5.41) is 10.3. The highest BCUT2D eigenvalue weighted by atomic mass is 28.3. The van der Waals surface area contributed by atoms with Crippen molar-refractivity contribution in [2.24, 2.45) is 0 Å². The molecule has 0 unspecified atom stereocenters. The van der Waals surface area contributed by atoms with Crippen molar-refractivity contribution in [3.8, 4) is 33.6 Å². The molecule has 76 heavy (non-hydrogen) atoms. The van der Waals surface area contributed by atoms with E-state index in [0.29, 0.717) is 0 Å². The largest absolute Gasteiger partial charge is 0.307 e. The van der Waals surface area contributed by atoms with Gasteiger partial charge in [-0.2, -0.15) is 0 Å². The summed E-state index contributed by atoms with van der Waals surface area (Å²) >= 11 is 0. The molecule has 0 radical (unpaired) electrons. The van der Waals surface area contributed by atoms with E-state index >= 15 is 0 Å². The van der Waals surface area contributed by atoms with Gasteiger partial charge in [-0.05, 0) is 114 Å². The zero-order valence-electron chi connectivity index (χ0n) is 41.8. The second kappa shape index (κ2) is 17.6. The van der Waals surface area contributed by atoms with Crippen molar-refractivity contribution >= 4 is 72.4 Å². The number of benzene rings is 12. The molecule has 0 bridgehead atoms. The second-order valence-electron chi connectivity index (χ2n) is 20.3. The van der Waals surface area contributed by atoms with E-state index in [0.717, 1.165) is 11.4 Å². The number of para-hydroxylation sites is 3. The Labute approximate surface area is 443 Å². The molecule has 0 fully saturated rings. The van der Waals surface area contributed by atoms with E-state index in [2.05, 4.69) is 312 Å². The Balaban J connectivity index is 0.907. The quantitative estimate of drug-likeness (QED) is 0.101. The molecule has 15 rings (SSSR count). The monoisotopic (exact) mass is 982 g/mol. The van der Waals surface area contributed by atoms with Gasteiger partial charge in [-0.3, -0.25) is 0 Å². The maximum atomic E-state index is 2.51. The zero-order chi connectivity index (χ0) is 50.2. The highest BCUT2D eigenvalue weighted by Crippen LogP contribution is 2.56. The van der Waals surface area contributed by atoms with E-state index in [-0.39, 0.29) is 0 Å². The molecular formula is C73H50N2Si. The first-order valence-corrected chi connectivity index (χ1v) is 28.4. The number of aromatic nitrogens is 2. The van der Waals surface area contributed by atoms with Crippen LogP contribution in [0, 0.1) is 0 Å². The standard InChI is InChI=1S/C73H50N2Si/c1-6-23-53(24-7-1)73(54-25-8-2-9-26-54)66-37-19-16-33-60(66)64-49-51(41-47-67(64)73)52-42-48-70-65(50-52)62-35-18-21-39-69(62)75(70)71-40-22-36-63-61-34-17-20-38-68(61)74(72(63)71)55-43-45-59(46-44-55)76(56-27-10-3-11-28-56,57-29-12-4-13-30-57)58-31-14-5-15-32-58/h1-50H. The molecule has 356 valence electrons. The van der Waals surface area contributed by atoms with Crippen LogP contribution in [-0.2, 0) is 5.41 Å². The van der Waals surface area contributed by atoms with Gasteiger partial charge in [0.15, 0.2) is 8.07 Å². The van der Waals surface area contributed by atoms with Gasteiger partial charge in [-0.25, -0.2) is 0 Å². The molecule has 3 heteroatoms. The molecule has 2 aromatic heterocycles. The molecule has 0 saturated carbocycles. The molecule has 0 aliphatic heterocycles. The fraction of sp³-hybridized carbons (Fsp3) is 0.0137. The highest BCUT2D eigenvalue weighted by molar-refractivity contribution is 7.19. The van der Waals surface area contributed by atoms with Gasteiger partial charge < -0.3 is 9.13 Å². The molecular weight excluding hydrogens is 933 g/mol. The summed E-state index contributed by atoms with van der Waals surface area (Å²) in [6.07, 6.45) is 0. The molecule has 1 aliphatic carbocycles. The van der Waals surface area contributed by atoms with Crippen LogP contribution in [0.4, 0.5) is 0 Å². The summed E-state index contributed by atoms with van der Waals surface area (Å²) in [5.74, 6) is 0. The minimum atomic E-state index is -2.73. The van der Waals surface area contributed by atoms with Crippen LogP contribution in [0.5, 0.6) is 0 Å². The molecule has 2 heterocycles. The number of hydrogen-bond acceptors (Lipinski definition) is 0. The third-order valence-electron chi connectivity index (χ3n) is 16.6. The summed E-state index contributed by atoms with van der Waals surface area (Å²) in [6.45, 7) is 0. The van der Waals surface area contributed by atoms with Crippen molar-refractivity contribution in [3.63, 3.8) is 0 Å². The lowest BCUT2D eigenvalue weighted by molar-refractivity contribution is 0.768. The smallest absolute Gasteiger partial charge is 0.179 e. The molecule has 0 N–H and O–H groups in total. The predicted molar refractivity (Wildman–Crippen MR) is 321 cm³/mol. The van der Waals surface area contributed by atoms with Gasteiger partial charge in [0.25, 0.3) is 0 Å². The second-order valence-corrected chi connectivity index (χ2v) is 24.1. The fourth-order valence-electron chi connectivity index (χ4n) is 13.4. The maximum Gasteiger partial charge on any atom is 0.179 e. The van der Waals surface area contributed by atoms with Crippen molar-refractivity contribution in [1.82, 2.24) is 9.13 Å². The molecule has 0 spiro atoms. The summed E-state index contributed by atoms with van der Waals surface area (Å²) in [7, 11) is -2.73. The Hall–Kier alpha value is -9.54. The zero-order valence-corrected chi connectivity index (χ0v) is 42.8. The lowest BCUT2D eigenvalue weighted by Crippen LogP contribution is -2.74. The molecule has 1 aliphatic rings. The van der Waals surface area contributed by atoms with E-state index in [4.69, 9.17) is 0 Å². The van der Waals surface area contributed by atoms with Crippen LogP contribution in [0.25, 0.3) is 77.2 Å².